The molecule has 2 nitrogen and oxygen atoms in total. The Balaban J connectivity index is 2.18. The van der Waals surface area contributed by atoms with Gasteiger partial charge in [-0.3, -0.25) is 0 Å². The Morgan fingerprint density at radius 2 is 1.55 bits per heavy atom. The molecule has 0 heterocycles. The second kappa shape index (κ2) is 9.02. The van der Waals surface area contributed by atoms with Crippen molar-refractivity contribution in [2.75, 3.05) is 18.8 Å². The van der Waals surface area contributed by atoms with Crippen LogP contribution in [-0.4, -0.2) is 13.1 Å². The van der Waals surface area contributed by atoms with Gasteiger partial charge in [-0.15, -0.1) is 0 Å². The summed E-state index contributed by atoms with van der Waals surface area (Å²) in [5.74, 6) is 0. The van der Waals surface area contributed by atoms with Crippen LogP contribution in [-0.2, 0) is 5.41 Å². The first kappa shape index (κ1) is 17.0. The second-order valence-corrected chi connectivity index (χ2v) is 6.45. The SMILES string of the molecule is CCCCCCCCNCC(C)(C)c1ccc(N)cc1. The molecule has 2 heteroatoms. The molecule has 0 aliphatic carbocycles. The summed E-state index contributed by atoms with van der Waals surface area (Å²) in [6, 6.07) is 8.26. The third kappa shape index (κ3) is 6.42. The van der Waals surface area contributed by atoms with E-state index in [9.17, 15) is 0 Å². The number of hydrogen-bond acceptors (Lipinski definition) is 2. The summed E-state index contributed by atoms with van der Waals surface area (Å²) in [5, 5.41) is 3.60. The standard InChI is InChI=1S/C18H32N2/c1-4-5-6-7-8-9-14-20-15-18(2,3)16-10-12-17(19)13-11-16/h10-13,20H,4-9,14-15,19H2,1-3H3. The Morgan fingerprint density at radius 1 is 0.950 bits per heavy atom. The zero-order chi connectivity index (χ0) is 14.8. The van der Waals surface area contributed by atoms with Crippen molar-refractivity contribution in [1.82, 2.24) is 5.32 Å². The first-order valence-electron chi connectivity index (χ1n) is 8.13. The van der Waals surface area contributed by atoms with E-state index in [1.54, 1.807) is 0 Å². The fourth-order valence-corrected chi connectivity index (χ4v) is 2.47. The van der Waals surface area contributed by atoms with Crippen molar-refractivity contribution >= 4 is 5.69 Å². The van der Waals surface area contributed by atoms with Gasteiger partial charge in [-0.1, -0.05) is 65.0 Å². The Bertz CT molecular complexity index is 354. The molecule has 0 aliphatic rings. The Morgan fingerprint density at radius 3 is 2.20 bits per heavy atom. The highest BCUT2D eigenvalue weighted by atomic mass is 14.9. The lowest BCUT2D eigenvalue weighted by Gasteiger charge is -2.26. The molecule has 0 atom stereocenters. The molecule has 0 aliphatic heterocycles. The van der Waals surface area contributed by atoms with E-state index in [1.165, 1.54) is 44.1 Å². The molecule has 20 heavy (non-hydrogen) atoms. The fourth-order valence-electron chi connectivity index (χ4n) is 2.47. The van der Waals surface area contributed by atoms with E-state index in [0.717, 1.165) is 18.8 Å². The Labute approximate surface area is 125 Å². The van der Waals surface area contributed by atoms with Crippen molar-refractivity contribution in [2.45, 2.75) is 64.7 Å². The van der Waals surface area contributed by atoms with Crippen LogP contribution in [0.5, 0.6) is 0 Å². The highest BCUT2D eigenvalue weighted by Crippen LogP contribution is 2.23. The third-order valence-electron chi connectivity index (χ3n) is 3.97. The molecule has 1 aromatic rings. The molecule has 0 saturated carbocycles. The Kier molecular flexibility index (Phi) is 7.68. The summed E-state index contributed by atoms with van der Waals surface area (Å²) >= 11 is 0. The van der Waals surface area contributed by atoms with E-state index in [4.69, 9.17) is 5.73 Å². The maximum absolute atomic E-state index is 5.74. The van der Waals surface area contributed by atoms with E-state index in [0.29, 0.717) is 0 Å². The first-order valence-corrected chi connectivity index (χ1v) is 8.13. The molecule has 0 unspecified atom stereocenters. The number of benzene rings is 1. The van der Waals surface area contributed by atoms with Gasteiger partial charge in [0.05, 0.1) is 0 Å². The number of hydrogen-bond donors (Lipinski definition) is 2. The smallest absolute Gasteiger partial charge is 0.0314 e. The zero-order valence-corrected chi connectivity index (χ0v) is 13.5. The van der Waals surface area contributed by atoms with E-state index in [2.05, 4.69) is 38.2 Å². The highest BCUT2D eigenvalue weighted by molar-refractivity contribution is 5.41. The van der Waals surface area contributed by atoms with Crippen LogP contribution >= 0.6 is 0 Å². The van der Waals surface area contributed by atoms with Gasteiger partial charge in [-0.25, -0.2) is 0 Å². The summed E-state index contributed by atoms with van der Waals surface area (Å²) in [5.41, 5.74) is 8.09. The molecule has 3 N–H and O–H groups in total. The van der Waals surface area contributed by atoms with Crippen LogP contribution in [0.25, 0.3) is 0 Å². The topological polar surface area (TPSA) is 38.0 Å². The predicted molar refractivity (Wildman–Crippen MR) is 90.1 cm³/mol. The predicted octanol–water partition coefficient (Wildman–Crippen LogP) is 4.50. The van der Waals surface area contributed by atoms with Crippen molar-refractivity contribution in [2.24, 2.45) is 0 Å². The number of nitrogens with two attached hydrogens (primary N) is 1. The lowest BCUT2D eigenvalue weighted by molar-refractivity contribution is 0.460. The molecule has 0 amide bonds. The van der Waals surface area contributed by atoms with Crippen molar-refractivity contribution in [3.05, 3.63) is 29.8 Å². The Hall–Kier alpha value is -1.02. The normalized spacial score (nSPS) is 11.8. The van der Waals surface area contributed by atoms with Gasteiger partial charge in [-0.2, -0.15) is 0 Å². The molecule has 0 spiro atoms. The summed E-state index contributed by atoms with van der Waals surface area (Å²) < 4.78 is 0. The summed E-state index contributed by atoms with van der Waals surface area (Å²) in [6.45, 7) is 8.98. The minimum absolute atomic E-state index is 0.163. The van der Waals surface area contributed by atoms with Crippen LogP contribution in [0.2, 0.25) is 0 Å². The van der Waals surface area contributed by atoms with Crippen LogP contribution in [0.15, 0.2) is 24.3 Å². The number of nitrogen functional groups attached to an aromatic ring is 1. The van der Waals surface area contributed by atoms with Gasteiger partial charge in [0.1, 0.15) is 0 Å². The van der Waals surface area contributed by atoms with Crippen molar-refractivity contribution in [3.63, 3.8) is 0 Å². The van der Waals surface area contributed by atoms with E-state index < -0.39 is 0 Å². The molecular formula is C18H32N2. The molecule has 0 bridgehead atoms. The summed E-state index contributed by atoms with van der Waals surface area (Å²) in [7, 11) is 0. The molecule has 0 radical (unpaired) electrons. The van der Waals surface area contributed by atoms with Crippen LogP contribution in [0, 0.1) is 0 Å². The fraction of sp³-hybridized carbons (Fsp3) is 0.667. The first-order chi connectivity index (χ1) is 9.56. The summed E-state index contributed by atoms with van der Waals surface area (Å²) in [4.78, 5) is 0. The van der Waals surface area contributed by atoms with Crippen LogP contribution in [0.3, 0.4) is 0 Å². The van der Waals surface area contributed by atoms with Gasteiger partial charge in [0, 0.05) is 17.6 Å². The average molecular weight is 276 g/mol. The second-order valence-electron chi connectivity index (χ2n) is 6.45. The monoisotopic (exact) mass is 276 g/mol. The molecule has 114 valence electrons. The quantitative estimate of drug-likeness (QED) is 0.488. The third-order valence-corrected chi connectivity index (χ3v) is 3.97. The lowest BCUT2D eigenvalue weighted by atomic mass is 9.84. The van der Waals surface area contributed by atoms with Gasteiger partial charge in [0.25, 0.3) is 0 Å². The van der Waals surface area contributed by atoms with E-state index in [1.807, 2.05) is 12.1 Å². The molecule has 1 aromatic carbocycles. The van der Waals surface area contributed by atoms with E-state index >= 15 is 0 Å². The molecule has 1 rings (SSSR count). The zero-order valence-electron chi connectivity index (χ0n) is 13.5. The van der Waals surface area contributed by atoms with Gasteiger partial charge in [0.2, 0.25) is 0 Å². The maximum atomic E-state index is 5.74. The van der Waals surface area contributed by atoms with Crippen LogP contribution in [0.4, 0.5) is 5.69 Å². The van der Waals surface area contributed by atoms with Gasteiger partial charge >= 0.3 is 0 Å². The largest absolute Gasteiger partial charge is 0.399 e. The minimum Gasteiger partial charge on any atom is -0.399 e. The summed E-state index contributed by atoms with van der Waals surface area (Å²) in [6.07, 6.45) is 8.15. The van der Waals surface area contributed by atoms with Gasteiger partial charge < -0.3 is 11.1 Å². The minimum atomic E-state index is 0.163. The number of nitrogens with one attached hydrogen (secondary N) is 1. The molecule has 0 saturated heterocycles. The maximum Gasteiger partial charge on any atom is 0.0314 e. The molecule has 0 fully saturated rings. The highest BCUT2D eigenvalue weighted by Gasteiger charge is 2.19. The van der Waals surface area contributed by atoms with Crippen LogP contribution in [0.1, 0.15) is 64.9 Å². The van der Waals surface area contributed by atoms with Crippen molar-refractivity contribution < 1.29 is 0 Å². The van der Waals surface area contributed by atoms with Crippen molar-refractivity contribution in [1.29, 1.82) is 0 Å². The average Bonchev–Trinajstić information content (AvgIpc) is 2.42. The number of rotatable bonds is 10. The van der Waals surface area contributed by atoms with Crippen molar-refractivity contribution in [3.8, 4) is 0 Å². The van der Waals surface area contributed by atoms with Crippen LogP contribution < -0.4 is 11.1 Å². The van der Waals surface area contributed by atoms with E-state index in [-0.39, 0.29) is 5.41 Å². The van der Waals surface area contributed by atoms with Gasteiger partial charge in [0.15, 0.2) is 0 Å². The number of unbranched alkanes of at least 4 members (excludes halogenated alkanes) is 5. The van der Waals surface area contributed by atoms with Gasteiger partial charge in [-0.05, 0) is 30.7 Å². The molecular weight excluding hydrogens is 244 g/mol. The number of anilines is 1. The lowest BCUT2D eigenvalue weighted by Crippen LogP contribution is -2.33. The molecule has 0 aromatic heterocycles.